The molecule has 22 heavy (non-hydrogen) atoms. The topological polar surface area (TPSA) is 54.0 Å². The van der Waals surface area contributed by atoms with E-state index in [1.165, 1.54) is 0 Å². The van der Waals surface area contributed by atoms with Gasteiger partial charge in [0.1, 0.15) is 5.01 Å². The van der Waals surface area contributed by atoms with E-state index >= 15 is 0 Å². The second kappa shape index (κ2) is 11.4. The Morgan fingerprint density at radius 1 is 1.27 bits per heavy atom. The zero-order chi connectivity index (χ0) is 14.4. The molecule has 0 saturated carbocycles. The summed E-state index contributed by atoms with van der Waals surface area (Å²) in [4.78, 5) is 17.4. The van der Waals surface area contributed by atoms with Gasteiger partial charge in [-0.25, -0.2) is 4.98 Å². The highest BCUT2D eigenvalue weighted by atomic mass is 79.9. The maximum Gasteiger partial charge on any atom is 0.226 e. The van der Waals surface area contributed by atoms with E-state index in [1.54, 1.807) is 22.7 Å². The van der Waals surface area contributed by atoms with Crippen molar-refractivity contribution >= 4 is 69.3 Å². The zero-order valence-corrected chi connectivity index (χ0v) is 16.8. The number of nitrogens with zero attached hydrogens (tertiary/aromatic N) is 1. The molecule has 0 aromatic carbocycles. The monoisotopic (exact) mass is 445 g/mol. The number of aromatic nitrogens is 1. The van der Waals surface area contributed by atoms with Crippen molar-refractivity contribution in [3.8, 4) is 9.88 Å². The highest BCUT2D eigenvalue weighted by molar-refractivity contribution is 9.10. The number of amides is 1. The van der Waals surface area contributed by atoms with Crippen LogP contribution in [0.2, 0.25) is 0 Å². The number of thiophene rings is 1. The van der Waals surface area contributed by atoms with Crippen molar-refractivity contribution in [2.24, 2.45) is 0 Å². The van der Waals surface area contributed by atoms with Crippen LogP contribution in [0.4, 0.5) is 0 Å². The van der Waals surface area contributed by atoms with Crippen molar-refractivity contribution in [1.82, 2.24) is 15.6 Å². The molecule has 0 aliphatic carbocycles. The lowest BCUT2D eigenvalue weighted by Gasteiger charge is -2.03. The summed E-state index contributed by atoms with van der Waals surface area (Å²) in [7, 11) is 1.90. The standard InChI is InChI=1S/C13H16BrN3OS2.2ClH/c1-15-3-2-4-16-12(18)6-10-8-20-13(17-10)11-5-9(14)7-19-11;;/h5,7-8,15H,2-4,6H2,1H3,(H,16,18);2*1H. The Labute approximate surface area is 159 Å². The minimum atomic E-state index is 0. The highest BCUT2D eigenvalue weighted by Gasteiger charge is 2.10. The Hall–Kier alpha value is -0.180. The molecule has 0 aliphatic heterocycles. The van der Waals surface area contributed by atoms with Crippen LogP contribution in [0.5, 0.6) is 0 Å². The second-order valence-corrected chi connectivity index (χ2v) is 6.94. The van der Waals surface area contributed by atoms with Crippen molar-refractivity contribution in [2.75, 3.05) is 20.1 Å². The molecule has 0 saturated heterocycles. The Morgan fingerprint density at radius 3 is 2.68 bits per heavy atom. The molecule has 0 bridgehead atoms. The molecule has 0 fully saturated rings. The van der Waals surface area contributed by atoms with E-state index in [4.69, 9.17) is 0 Å². The van der Waals surface area contributed by atoms with Crippen LogP contribution in [0.25, 0.3) is 9.88 Å². The van der Waals surface area contributed by atoms with E-state index < -0.39 is 0 Å². The maximum absolute atomic E-state index is 11.8. The molecule has 2 rings (SSSR count). The third-order valence-corrected chi connectivity index (χ3v) is 5.35. The van der Waals surface area contributed by atoms with Gasteiger partial charge in [-0.05, 0) is 42.0 Å². The Bertz CT molecular complexity index is 577. The van der Waals surface area contributed by atoms with E-state index in [9.17, 15) is 4.79 Å². The van der Waals surface area contributed by atoms with Crippen LogP contribution < -0.4 is 10.6 Å². The molecule has 1 amide bonds. The fourth-order valence-corrected chi connectivity index (χ4v) is 3.97. The molecular weight excluding hydrogens is 429 g/mol. The lowest BCUT2D eigenvalue weighted by atomic mass is 10.3. The third kappa shape index (κ3) is 6.93. The largest absolute Gasteiger partial charge is 0.356 e. The smallest absolute Gasteiger partial charge is 0.226 e. The fourth-order valence-electron chi connectivity index (χ4n) is 1.65. The van der Waals surface area contributed by atoms with Gasteiger partial charge < -0.3 is 10.6 Å². The first-order chi connectivity index (χ1) is 9.69. The first-order valence-electron chi connectivity index (χ1n) is 6.29. The van der Waals surface area contributed by atoms with Gasteiger partial charge in [-0.1, -0.05) is 0 Å². The number of rotatable bonds is 7. The number of thiazole rings is 1. The van der Waals surface area contributed by atoms with Gasteiger partial charge in [0, 0.05) is 21.8 Å². The first kappa shape index (κ1) is 21.8. The second-order valence-electron chi connectivity index (χ2n) is 4.26. The van der Waals surface area contributed by atoms with Crippen LogP contribution in [0.15, 0.2) is 21.3 Å². The number of nitrogens with one attached hydrogen (secondary N) is 2. The van der Waals surface area contributed by atoms with Gasteiger partial charge in [-0.15, -0.1) is 47.5 Å². The molecule has 2 aromatic heterocycles. The van der Waals surface area contributed by atoms with Crippen molar-refractivity contribution in [1.29, 1.82) is 0 Å². The van der Waals surface area contributed by atoms with E-state index in [2.05, 4.69) is 31.5 Å². The van der Waals surface area contributed by atoms with Crippen LogP contribution >= 0.6 is 63.4 Å². The van der Waals surface area contributed by atoms with Crippen molar-refractivity contribution < 1.29 is 4.79 Å². The molecule has 2 heterocycles. The zero-order valence-electron chi connectivity index (χ0n) is 11.9. The summed E-state index contributed by atoms with van der Waals surface area (Å²) in [5.74, 6) is 0.0327. The summed E-state index contributed by atoms with van der Waals surface area (Å²) in [6, 6.07) is 2.05. The summed E-state index contributed by atoms with van der Waals surface area (Å²) in [6.07, 6.45) is 1.29. The van der Waals surface area contributed by atoms with Crippen LogP contribution in [0, 0.1) is 0 Å². The SMILES string of the molecule is CNCCCNC(=O)Cc1csc(-c2cc(Br)cs2)n1.Cl.Cl. The molecular formula is C13H18BrCl2N3OS2. The summed E-state index contributed by atoms with van der Waals surface area (Å²) >= 11 is 6.66. The predicted octanol–water partition coefficient (Wildman–Crippen LogP) is 3.75. The van der Waals surface area contributed by atoms with E-state index in [0.29, 0.717) is 13.0 Å². The highest BCUT2D eigenvalue weighted by Crippen LogP contribution is 2.31. The molecule has 0 spiro atoms. The summed E-state index contributed by atoms with van der Waals surface area (Å²) in [5.41, 5.74) is 0.834. The molecule has 0 atom stereocenters. The van der Waals surface area contributed by atoms with Gasteiger partial charge in [-0.2, -0.15) is 0 Å². The minimum absolute atomic E-state index is 0. The lowest BCUT2D eigenvalue weighted by Crippen LogP contribution is -2.28. The Morgan fingerprint density at radius 2 is 2.05 bits per heavy atom. The number of halogens is 3. The summed E-state index contributed by atoms with van der Waals surface area (Å²) in [6.45, 7) is 1.61. The van der Waals surface area contributed by atoms with Gasteiger partial charge in [0.25, 0.3) is 0 Å². The average Bonchev–Trinajstić information content (AvgIpc) is 3.04. The fraction of sp³-hybridized carbons (Fsp3) is 0.385. The number of hydrogen-bond donors (Lipinski definition) is 2. The minimum Gasteiger partial charge on any atom is -0.356 e. The van der Waals surface area contributed by atoms with E-state index in [-0.39, 0.29) is 30.7 Å². The van der Waals surface area contributed by atoms with Crippen LogP contribution in [0.1, 0.15) is 12.1 Å². The molecule has 4 nitrogen and oxygen atoms in total. The van der Waals surface area contributed by atoms with Gasteiger partial charge in [0.2, 0.25) is 5.91 Å². The normalized spacial score (nSPS) is 9.73. The molecule has 2 aromatic rings. The number of carbonyl (C=O) groups excluding carboxylic acids is 1. The third-order valence-electron chi connectivity index (χ3n) is 2.60. The van der Waals surface area contributed by atoms with Crippen molar-refractivity contribution in [2.45, 2.75) is 12.8 Å². The molecule has 0 unspecified atom stereocenters. The van der Waals surface area contributed by atoms with Crippen LogP contribution in [0.3, 0.4) is 0 Å². The first-order valence-corrected chi connectivity index (χ1v) is 8.84. The molecule has 0 aliphatic rings. The van der Waals surface area contributed by atoms with Crippen LogP contribution in [-0.2, 0) is 11.2 Å². The molecule has 9 heteroatoms. The van der Waals surface area contributed by atoms with Crippen LogP contribution in [-0.4, -0.2) is 31.0 Å². The Balaban J connectivity index is 0.00000220. The van der Waals surface area contributed by atoms with Gasteiger partial charge in [0.05, 0.1) is 17.0 Å². The maximum atomic E-state index is 11.8. The molecule has 0 radical (unpaired) electrons. The van der Waals surface area contributed by atoms with E-state index in [1.807, 2.05) is 23.9 Å². The molecule has 2 N–H and O–H groups in total. The van der Waals surface area contributed by atoms with Gasteiger partial charge in [-0.3, -0.25) is 4.79 Å². The lowest BCUT2D eigenvalue weighted by molar-refractivity contribution is -0.120. The average molecular weight is 447 g/mol. The van der Waals surface area contributed by atoms with Crippen molar-refractivity contribution in [3.05, 3.63) is 27.0 Å². The molecule has 124 valence electrons. The summed E-state index contributed by atoms with van der Waals surface area (Å²) < 4.78 is 1.07. The predicted molar refractivity (Wildman–Crippen MR) is 103 cm³/mol. The quantitative estimate of drug-likeness (QED) is 0.636. The van der Waals surface area contributed by atoms with Crippen molar-refractivity contribution in [3.63, 3.8) is 0 Å². The van der Waals surface area contributed by atoms with E-state index in [0.717, 1.165) is 33.0 Å². The number of hydrogen-bond acceptors (Lipinski definition) is 5. The summed E-state index contributed by atoms with van der Waals surface area (Å²) in [5, 5.41) is 10.9. The van der Waals surface area contributed by atoms with Gasteiger partial charge in [0.15, 0.2) is 0 Å². The number of carbonyl (C=O) groups is 1. The van der Waals surface area contributed by atoms with Gasteiger partial charge >= 0.3 is 0 Å². The Kier molecular flexibility index (Phi) is 11.3.